The highest BCUT2D eigenvalue weighted by molar-refractivity contribution is 5.95. The molecular weight excluding hydrogens is 280 g/mol. The van der Waals surface area contributed by atoms with E-state index in [4.69, 9.17) is 9.47 Å². The van der Waals surface area contributed by atoms with Crippen LogP contribution in [0.1, 0.15) is 19.8 Å². The summed E-state index contributed by atoms with van der Waals surface area (Å²) in [7, 11) is 1.59. The van der Waals surface area contributed by atoms with E-state index in [9.17, 15) is 4.79 Å². The summed E-state index contributed by atoms with van der Waals surface area (Å²) in [5.74, 6) is 1.31. The predicted molar refractivity (Wildman–Crippen MR) is 81.1 cm³/mol. The van der Waals surface area contributed by atoms with E-state index in [-0.39, 0.29) is 24.4 Å². The van der Waals surface area contributed by atoms with Crippen LogP contribution in [0.15, 0.2) is 18.2 Å². The highest BCUT2D eigenvalue weighted by atomic mass is 35.5. The van der Waals surface area contributed by atoms with Crippen molar-refractivity contribution < 1.29 is 14.3 Å². The number of methoxy groups -OCH3 is 1. The SMILES string of the molecule is CCOc1ccc(NC(=O)C2CCCN2)cc1OC.Cl. The minimum atomic E-state index is -0.0856. The topological polar surface area (TPSA) is 59.6 Å². The van der Waals surface area contributed by atoms with Gasteiger partial charge < -0.3 is 20.1 Å². The Hall–Kier alpha value is -1.46. The Morgan fingerprint density at radius 3 is 2.85 bits per heavy atom. The van der Waals surface area contributed by atoms with Gasteiger partial charge in [-0.15, -0.1) is 12.4 Å². The van der Waals surface area contributed by atoms with E-state index in [1.165, 1.54) is 0 Å². The Bertz CT molecular complexity index is 448. The fraction of sp³-hybridized carbons (Fsp3) is 0.500. The molecule has 0 radical (unpaired) electrons. The van der Waals surface area contributed by atoms with Crippen LogP contribution in [0.3, 0.4) is 0 Å². The average molecular weight is 301 g/mol. The molecule has 2 rings (SSSR count). The quantitative estimate of drug-likeness (QED) is 0.875. The second kappa shape index (κ2) is 7.97. The molecule has 6 heteroatoms. The zero-order valence-electron chi connectivity index (χ0n) is 11.8. The fourth-order valence-electron chi connectivity index (χ4n) is 2.16. The van der Waals surface area contributed by atoms with Crippen molar-refractivity contribution >= 4 is 24.0 Å². The minimum Gasteiger partial charge on any atom is -0.493 e. The van der Waals surface area contributed by atoms with Gasteiger partial charge in [0.1, 0.15) is 0 Å². The van der Waals surface area contributed by atoms with Gasteiger partial charge in [-0.05, 0) is 38.4 Å². The summed E-state index contributed by atoms with van der Waals surface area (Å²) in [5.41, 5.74) is 0.721. The Balaban J connectivity index is 0.00000200. The van der Waals surface area contributed by atoms with Crippen molar-refractivity contribution in [1.29, 1.82) is 0 Å². The lowest BCUT2D eigenvalue weighted by Gasteiger charge is -2.14. The van der Waals surface area contributed by atoms with Gasteiger partial charge in [0.25, 0.3) is 0 Å². The minimum absolute atomic E-state index is 0. The van der Waals surface area contributed by atoms with Crippen LogP contribution in [-0.4, -0.2) is 32.2 Å². The second-order valence-corrected chi connectivity index (χ2v) is 4.44. The van der Waals surface area contributed by atoms with Gasteiger partial charge in [0.15, 0.2) is 11.5 Å². The molecule has 1 aliphatic rings. The van der Waals surface area contributed by atoms with Gasteiger partial charge in [-0.3, -0.25) is 4.79 Å². The predicted octanol–water partition coefficient (Wildman–Crippen LogP) is 2.21. The Morgan fingerprint density at radius 1 is 1.45 bits per heavy atom. The van der Waals surface area contributed by atoms with Crippen LogP contribution in [0.4, 0.5) is 5.69 Å². The Morgan fingerprint density at radius 2 is 2.25 bits per heavy atom. The van der Waals surface area contributed by atoms with Crippen LogP contribution >= 0.6 is 12.4 Å². The van der Waals surface area contributed by atoms with Crippen molar-refractivity contribution in [3.05, 3.63) is 18.2 Å². The molecule has 2 N–H and O–H groups in total. The van der Waals surface area contributed by atoms with Crippen molar-refractivity contribution in [2.24, 2.45) is 0 Å². The molecule has 1 unspecified atom stereocenters. The van der Waals surface area contributed by atoms with E-state index in [2.05, 4.69) is 10.6 Å². The first-order valence-corrected chi connectivity index (χ1v) is 6.59. The monoisotopic (exact) mass is 300 g/mol. The van der Waals surface area contributed by atoms with Crippen molar-refractivity contribution in [3.63, 3.8) is 0 Å². The molecular formula is C14H21ClN2O3. The number of halogens is 1. The third-order valence-corrected chi connectivity index (χ3v) is 3.11. The summed E-state index contributed by atoms with van der Waals surface area (Å²) in [6.45, 7) is 3.40. The molecule has 1 aliphatic heterocycles. The summed E-state index contributed by atoms with van der Waals surface area (Å²) in [4.78, 5) is 12.0. The van der Waals surface area contributed by atoms with E-state index in [1.54, 1.807) is 19.2 Å². The van der Waals surface area contributed by atoms with Gasteiger partial charge in [-0.2, -0.15) is 0 Å². The highest BCUT2D eigenvalue weighted by Crippen LogP contribution is 2.30. The Kier molecular flexibility index (Phi) is 6.61. The number of carbonyl (C=O) groups is 1. The maximum Gasteiger partial charge on any atom is 0.241 e. The lowest BCUT2D eigenvalue weighted by molar-refractivity contribution is -0.117. The third-order valence-electron chi connectivity index (χ3n) is 3.11. The number of carbonyl (C=O) groups excluding carboxylic acids is 1. The number of ether oxygens (including phenoxy) is 2. The number of anilines is 1. The fourth-order valence-corrected chi connectivity index (χ4v) is 2.16. The summed E-state index contributed by atoms with van der Waals surface area (Å²) < 4.78 is 10.7. The van der Waals surface area contributed by atoms with Gasteiger partial charge >= 0.3 is 0 Å². The number of hydrogen-bond donors (Lipinski definition) is 2. The molecule has 1 atom stereocenters. The summed E-state index contributed by atoms with van der Waals surface area (Å²) in [5, 5.41) is 6.06. The third kappa shape index (κ3) is 4.02. The number of rotatable bonds is 5. The van der Waals surface area contributed by atoms with Crippen molar-refractivity contribution in [1.82, 2.24) is 5.32 Å². The zero-order valence-corrected chi connectivity index (χ0v) is 12.6. The molecule has 0 aliphatic carbocycles. The van der Waals surface area contributed by atoms with Gasteiger partial charge in [0.2, 0.25) is 5.91 Å². The maximum atomic E-state index is 12.0. The van der Waals surface area contributed by atoms with Crippen LogP contribution in [0, 0.1) is 0 Å². The first-order valence-electron chi connectivity index (χ1n) is 6.59. The van der Waals surface area contributed by atoms with E-state index < -0.39 is 0 Å². The highest BCUT2D eigenvalue weighted by Gasteiger charge is 2.22. The molecule has 112 valence electrons. The molecule has 0 aromatic heterocycles. The van der Waals surface area contributed by atoms with Crippen molar-refractivity contribution in [3.8, 4) is 11.5 Å². The average Bonchev–Trinajstić information content (AvgIpc) is 2.94. The number of hydrogen-bond acceptors (Lipinski definition) is 4. The molecule has 0 bridgehead atoms. The molecule has 1 aromatic rings. The molecule has 0 spiro atoms. The molecule has 5 nitrogen and oxygen atoms in total. The largest absolute Gasteiger partial charge is 0.493 e. The smallest absolute Gasteiger partial charge is 0.241 e. The normalized spacial score (nSPS) is 17.2. The van der Waals surface area contributed by atoms with E-state index in [1.807, 2.05) is 13.0 Å². The molecule has 1 aromatic carbocycles. The molecule has 1 fully saturated rings. The first-order chi connectivity index (χ1) is 9.24. The molecule has 0 saturated carbocycles. The van der Waals surface area contributed by atoms with Gasteiger partial charge in [-0.1, -0.05) is 0 Å². The molecule has 1 saturated heterocycles. The molecule has 1 amide bonds. The Labute approximate surface area is 125 Å². The van der Waals surface area contributed by atoms with Gasteiger partial charge in [0, 0.05) is 11.8 Å². The summed E-state index contributed by atoms with van der Waals surface area (Å²) in [6, 6.07) is 5.32. The van der Waals surface area contributed by atoms with Crippen LogP contribution in [0.2, 0.25) is 0 Å². The molecule has 1 heterocycles. The maximum absolute atomic E-state index is 12.0. The van der Waals surface area contributed by atoms with E-state index >= 15 is 0 Å². The standard InChI is InChI=1S/C14H20N2O3.ClH/c1-3-19-12-7-6-10(9-13(12)18-2)16-14(17)11-5-4-8-15-11;/h6-7,9,11,15H,3-5,8H2,1-2H3,(H,16,17);1H. The summed E-state index contributed by atoms with van der Waals surface area (Å²) in [6.07, 6.45) is 1.94. The number of benzene rings is 1. The van der Waals surface area contributed by atoms with Gasteiger partial charge in [0.05, 0.1) is 19.8 Å². The van der Waals surface area contributed by atoms with Crippen LogP contribution < -0.4 is 20.1 Å². The van der Waals surface area contributed by atoms with Crippen molar-refractivity contribution in [2.75, 3.05) is 25.6 Å². The number of amides is 1. The number of nitrogens with one attached hydrogen (secondary N) is 2. The zero-order chi connectivity index (χ0) is 13.7. The van der Waals surface area contributed by atoms with E-state index in [0.29, 0.717) is 18.1 Å². The van der Waals surface area contributed by atoms with Crippen molar-refractivity contribution in [2.45, 2.75) is 25.8 Å². The van der Waals surface area contributed by atoms with E-state index in [0.717, 1.165) is 25.1 Å². The van der Waals surface area contributed by atoms with Crippen LogP contribution in [0.25, 0.3) is 0 Å². The lowest BCUT2D eigenvalue weighted by Crippen LogP contribution is -2.35. The molecule has 20 heavy (non-hydrogen) atoms. The first kappa shape index (κ1) is 16.6. The second-order valence-electron chi connectivity index (χ2n) is 4.44. The van der Waals surface area contributed by atoms with Crippen LogP contribution in [0.5, 0.6) is 11.5 Å². The summed E-state index contributed by atoms with van der Waals surface area (Å²) >= 11 is 0. The van der Waals surface area contributed by atoms with Gasteiger partial charge in [-0.25, -0.2) is 0 Å². The lowest BCUT2D eigenvalue weighted by atomic mass is 10.2. The van der Waals surface area contributed by atoms with Crippen LogP contribution in [-0.2, 0) is 4.79 Å².